The van der Waals surface area contributed by atoms with Crippen LogP contribution in [-0.4, -0.2) is 11.7 Å². The average Bonchev–Trinajstić information content (AvgIpc) is 2.94. The highest BCUT2D eigenvalue weighted by Gasteiger charge is 2.11. The molecule has 0 aliphatic rings. The third-order valence-electron chi connectivity index (χ3n) is 2.96. The van der Waals surface area contributed by atoms with E-state index in [0.717, 1.165) is 12.0 Å². The molecule has 0 radical (unpaired) electrons. The maximum Gasteiger partial charge on any atom is 0.167 e. The van der Waals surface area contributed by atoms with Crippen LogP contribution in [0.2, 0.25) is 0 Å². The quantitative estimate of drug-likeness (QED) is 0.844. The number of aliphatic hydroxyl groups excluding tert-OH is 1. The van der Waals surface area contributed by atoms with Gasteiger partial charge in [0.05, 0.1) is 13.2 Å². The van der Waals surface area contributed by atoms with Gasteiger partial charge in [-0.25, -0.2) is 0 Å². The van der Waals surface area contributed by atoms with E-state index in [4.69, 9.17) is 9.47 Å². The summed E-state index contributed by atoms with van der Waals surface area (Å²) in [6, 6.07) is 9.80. The fourth-order valence-electron chi connectivity index (χ4n) is 1.95. The van der Waals surface area contributed by atoms with Crippen molar-refractivity contribution in [3.8, 4) is 11.5 Å². The molecule has 0 aliphatic carbocycles. The predicted molar refractivity (Wildman–Crippen MR) is 81.6 cm³/mol. The Morgan fingerprint density at radius 3 is 2.50 bits per heavy atom. The van der Waals surface area contributed by atoms with E-state index < -0.39 is 0 Å². The molecule has 0 bridgehead atoms. The Morgan fingerprint density at radius 1 is 1.05 bits per heavy atom. The molecular weight excluding hydrogens is 272 g/mol. The molecule has 0 saturated carbocycles. The number of para-hydroxylation sites is 1. The molecule has 0 amide bonds. The van der Waals surface area contributed by atoms with E-state index >= 15 is 0 Å². The van der Waals surface area contributed by atoms with Crippen LogP contribution in [0.15, 0.2) is 30.3 Å². The predicted octanol–water partition coefficient (Wildman–Crippen LogP) is 3.78. The van der Waals surface area contributed by atoms with Gasteiger partial charge in [-0.15, -0.1) is 11.3 Å². The van der Waals surface area contributed by atoms with Crippen LogP contribution in [0.1, 0.15) is 29.2 Å². The van der Waals surface area contributed by atoms with Crippen molar-refractivity contribution in [1.82, 2.24) is 0 Å². The van der Waals surface area contributed by atoms with Gasteiger partial charge in [-0.3, -0.25) is 0 Å². The molecule has 2 aromatic rings. The van der Waals surface area contributed by atoms with Gasteiger partial charge in [0.25, 0.3) is 0 Å². The van der Waals surface area contributed by atoms with E-state index in [9.17, 15) is 5.11 Å². The maximum absolute atomic E-state index is 9.42. The van der Waals surface area contributed by atoms with Gasteiger partial charge < -0.3 is 14.6 Å². The Bertz CT molecular complexity index is 548. The molecule has 20 heavy (non-hydrogen) atoms. The summed E-state index contributed by atoms with van der Waals surface area (Å²) in [5.41, 5.74) is 0.753. The van der Waals surface area contributed by atoms with Gasteiger partial charge in [-0.05, 0) is 31.5 Å². The fraction of sp³-hybridized carbons (Fsp3) is 0.375. The van der Waals surface area contributed by atoms with Crippen LogP contribution < -0.4 is 9.47 Å². The van der Waals surface area contributed by atoms with Gasteiger partial charge in [0.2, 0.25) is 0 Å². The first kappa shape index (κ1) is 14.9. The van der Waals surface area contributed by atoms with Gasteiger partial charge in [-0.2, -0.15) is 0 Å². The summed E-state index contributed by atoms with van der Waals surface area (Å²) >= 11 is 1.76. The lowest BCUT2D eigenvalue weighted by Gasteiger charge is -2.14. The minimum Gasteiger partial charge on any atom is -0.490 e. The van der Waals surface area contributed by atoms with Crippen LogP contribution in [0.5, 0.6) is 11.5 Å². The summed E-state index contributed by atoms with van der Waals surface area (Å²) in [6.45, 7) is 5.10. The molecule has 0 unspecified atom stereocenters. The number of ether oxygens (including phenoxy) is 2. The summed E-state index contributed by atoms with van der Waals surface area (Å²) in [7, 11) is 0. The van der Waals surface area contributed by atoms with E-state index in [1.807, 2.05) is 25.1 Å². The molecule has 0 fully saturated rings. The smallest absolute Gasteiger partial charge is 0.167 e. The highest BCUT2D eigenvalue weighted by Crippen LogP contribution is 2.32. The lowest BCUT2D eigenvalue weighted by atomic mass is 10.2. The molecule has 3 nitrogen and oxygen atoms in total. The summed E-state index contributed by atoms with van der Waals surface area (Å²) in [4.78, 5) is 2.53. The van der Waals surface area contributed by atoms with E-state index in [2.05, 4.69) is 19.1 Å². The summed E-state index contributed by atoms with van der Waals surface area (Å²) < 4.78 is 11.4. The highest BCUT2D eigenvalue weighted by atomic mass is 32.1. The normalized spacial score (nSPS) is 10.6. The third kappa shape index (κ3) is 3.52. The van der Waals surface area contributed by atoms with Crippen molar-refractivity contribution in [3.63, 3.8) is 0 Å². The molecule has 1 heterocycles. The van der Waals surface area contributed by atoms with Crippen molar-refractivity contribution < 1.29 is 14.6 Å². The summed E-state index contributed by atoms with van der Waals surface area (Å²) in [6.07, 6.45) is 1.04. The van der Waals surface area contributed by atoms with Gasteiger partial charge in [0.1, 0.15) is 6.61 Å². The molecule has 4 heteroatoms. The number of rotatable bonds is 7. The molecule has 1 aromatic carbocycles. The van der Waals surface area contributed by atoms with Crippen molar-refractivity contribution >= 4 is 11.3 Å². The molecule has 1 N–H and O–H groups in total. The number of aryl methyl sites for hydroxylation is 1. The van der Waals surface area contributed by atoms with Crippen LogP contribution in [0.4, 0.5) is 0 Å². The standard InChI is InChI=1S/C16H20O3S/c1-3-13-8-9-14(20-13)11-19-16-12(10-17)6-5-7-15(16)18-4-2/h5-9,17H,3-4,10-11H2,1-2H3. The molecule has 0 aliphatic heterocycles. The number of hydrogen-bond acceptors (Lipinski definition) is 4. The second-order valence-electron chi connectivity index (χ2n) is 4.35. The van der Waals surface area contributed by atoms with E-state index in [0.29, 0.717) is 24.7 Å². The number of thiophene rings is 1. The van der Waals surface area contributed by atoms with Crippen molar-refractivity contribution in [2.45, 2.75) is 33.5 Å². The number of benzene rings is 1. The minimum atomic E-state index is -0.0547. The molecule has 1 aromatic heterocycles. The number of aliphatic hydroxyl groups is 1. The molecular formula is C16H20O3S. The summed E-state index contributed by atoms with van der Waals surface area (Å²) in [5, 5.41) is 9.42. The molecule has 0 atom stereocenters. The Labute approximate surface area is 123 Å². The first-order chi connectivity index (χ1) is 9.78. The van der Waals surface area contributed by atoms with Crippen LogP contribution in [0.3, 0.4) is 0 Å². The zero-order valence-electron chi connectivity index (χ0n) is 11.9. The van der Waals surface area contributed by atoms with Crippen molar-refractivity contribution in [3.05, 3.63) is 45.6 Å². The van der Waals surface area contributed by atoms with E-state index in [1.54, 1.807) is 11.3 Å². The molecule has 0 spiro atoms. The Morgan fingerprint density at radius 2 is 1.85 bits per heavy atom. The highest BCUT2D eigenvalue weighted by molar-refractivity contribution is 7.11. The average molecular weight is 292 g/mol. The first-order valence-corrected chi connectivity index (χ1v) is 7.66. The van der Waals surface area contributed by atoms with Gasteiger partial charge in [-0.1, -0.05) is 19.1 Å². The van der Waals surface area contributed by atoms with Gasteiger partial charge >= 0.3 is 0 Å². The lowest BCUT2D eigenvalue weighted by Crippen LogP contribution is -2.01. The summed E-state index contributed by atoms with van der Waals surface area (Å²) in [5.74, 6) is 1.33. The first-order valence-electron chi connectivity index (χ1n) is 6.84. The van der Waals surface area contributed by atoms with E-state index in [-0.39, 0.29) is 6.61 Å². The Balaban J connectivity index is 2.14. The Kier molecular flexibility index (Phi) is 5.44. The maximum atomic E-state index is 9.42. The molecule has 2 rings (SSSR count). The van der Waals surface area contributed by atoms with Crippen LogP contribution >= 0.6 is 11.3 Å². The zero-order valence-corrected chi connectivity index (χ0v) is 12.7. The number of hydrogen-bond donors (Lipinski definition) is 1. The van der Waals surface area contributed by atoms with Crippen molar-refractivity contribution in [2.75, 3.05) is 6.61 Å². The molecule has 108 valence electrons. The minimum absolute atomic E-state index is 0.0547. The van der Waals surface area contributed by atoms with Crippen LogP contribution in [0.25, 0.3) is 0 Å². The second-order valence-corrected chi connectivity index (χ2v) is 5.60. The van der Waals surface area contributed by atoms with Crippen molar-refractivity contribution in [1.29, 1.82) is 0 Å². The topological polar surface area (TPSA) is 38.7 Å². The molecule has 0 saturated heterocycles. The fourth-order valence-corrected chi connectivity index (χ4v) is 2.82. The third-order valence-corrected chi connectivity index (χ3v) is 4.16. The van der Waals surface area contributed by atoms with Crippen molar-refractivity contribution in [2.24, 2.45) is 0 Å². The largest absolute Gasteiger partial charge is 0.490 e. The van der Waals surface area contributed by atoms with Gasteiger partial charge in [0.15, 0.2) is 11.5 Å². The second kappa shape index (κ2) is 7.31. The zero-order chi connectivity index (χ0) is 14.4. The van der Waals surface area contributed by atoms with E-state index in [1.165, 1.54) is 9.75 Å². The van der Waals surface area contributed by atoms with Crippen LogP contribution in [0, 0.1) is 0 Å². The Hall–Kier alpha value is -1.52. The van der Waals surface area contributed by atoms with Crippen LogP contribution in [-0.2, 0) is 19.6 Å². The monoisotopic (exact) mass is 292 g/mol. The lowest BCUT2D eigenvalue weighted by molar-refractivity contribution is 0.244. The van der Waals surface area contributed by atoms with Gasteiger partial charge in [0, 0.05) is 15.3 Å². The SMILES string of the molecule is CCOc1cccc(CO)c1OCc1ccc(CC)s1.